The van der Waals surface area contributed by atoms with Gasteiger partial charge >= 0.3 is 0 Å². The van der Waals surface area contributed by atoms with Gasteiger partial charge in [0.05, 0.1) is 0 Å². The van der Waals surface area contributed by atoms with E-state index in [1.54, 1.807) is 6.07 Å². The van der Waals surface area contributed by atoms with E-state index in [-0.39, 0.29) is 5.82 Å². The Morgan fingerprint density at radius 2 is 2.29 bits per heavy atom. The summed E-state index contributed by atoms with van der Waals surface area (Å²) >= 11 is 0. The van der Waals surface area contributed by atoms with Crippen molar-refractivity contribution >= 4 is 5.69 Å². The van der Waals surface area contributed by atoms with Gasteiger partial charge in [-0.15, -0.1) is 0 Å². The fourth-order valence-corrected chi connectivity index (χ4v) is 2.41. The van der Waals surface area contributed by atoms with Gasteiger partial charge in [-0.25, -0.2) is 4.39 Å². The molecule has 0 bridgehead atoms. The Bertz CT molecular complexity index is 378. The van der Waals surface area contributed by atoms with Crippen LogP contribution in [-0.2, 0) is 0 Å². The molecule has 0 amide bonds. The molecule has 2 nitrogen and oxygen atoms in total. The van der Waals surface area contributed by atoms with E-state index >= 15 is 0 Å². The minimum atomic E-state index is -0.114. The minimum absolute atomic E-state index is 0.114. The lowest BCUT2D eigenvalue weighted by Crippen LogP contribution is -2.26. The number of halogens is 1. The molecule has 17 heavy (non-hydrogen) atoms. The Hall–Kier alpha value is -1.09. The summed E-state index contributed by atoms with van der Waals surface area (Å²) < 4.78 is 13.2. The van der Waals surface area contributed by atoms with Gasteiger partial charge < -0.3 is 10.2 Å². The molecule has 94 valence electrons. The predicted molar refractivity (Wildman–Crippen MR) is 70.0 cm³/mol. The summed E-state index contributed by atoms with van der Waals surface area (Å²) in [6.07, 6.45) is 1.23. The molecule has 0 radical (unpaired) electrons. The SMILES string of the molecule is CCNCC1CCN(c2ccc(F)c(C)c2)C1. The Kier molecular flexibility index (Phi) is 4.00. The first kappa shape index (κ1) is 12.4. The quantitative estimate of drug-likeness (QED) is 0.864. The van der Waals surface area contributed by atoms with Crippen molar-refractivity contribution in [2.45, 2.75) is 20.3 Å². The number of benzene rings is 1. The largest absolute Gasteiger partial charge is 0.371 e. The minimum Gasteiger partial charge on any atom is -0.371 e. The van der Waals surface area contributed by atoms with E-state index in [9.17, 15) is 4.39 Å². The van der Waals surface area contributed by atoms with E-state index < -0.39 is 0 Å². The molecule has 1 saturated heterocycles. The highest BCUT2D eigenvalue weighted by molar-refractivity contribution is 5.49. The summed E-state index contributed by atoms with van der Waals surface area (Å²) in [5.74, 6) is 0.609. The van der Waals surface area contributed by atoms with Crippen LogP contribution in [0.25, 0.3) is 0 Å². The lowest BCUT2D eigenvalue weighted by atomic mass is 10.1. The van der Waals surface area contributed by atoms with Gasteiger partial charge in [-0.05, 0) is 56.1 Å². The van der Waals surface area contributed by atoms with E-state index in [1.165, 1.54) is 6.42 Å². The van der Waals surface area contributed by atoms with E-state index in [2.05, 4.69) is 17.1 Å². The van der Waals surface area contributed by atoms with Crippen LogP contribution in [-0.4, -0.2) is 26.2 Å². The Balaban J connectivity index is 1.97. The van der Waals surface area contributed by atoms with Gasteiger partial charge in [0.15, 0.2) is 0 Å². The van der Waals surface area contributed by atoms with Gasteiger partial charge in [0.25, 0.3) is 0 Å². The van der Waals surface area contributed by atoms with Crippen molar-refractivity contribution in [2.24, 2.45) is 5.92 Å². The van der Waals surface area contributed by atoms with Crippen LogP contribution in [0.3, 0.4) is 0 Å². The van der Waals surface area contributed by atoms with Gasteiger partial charge in [-0.1, -0.05) is 6.92 Å². The lowest BCUT2D eigenvalue weighted by molar-refractivity contribution is 0.528. The van der Waals surface area contributed by atoms with Crippen LogP contribution in [0, 0.1) is 18.7 Å². The molecule has 0 spiro atoms. The van der Waals surface area contributed by atoms with Gasteiger partial charge in [0.1, 0.15) is 5.82 Å². The van der Waals surface area contributed by atoms with Crippen molar-refractivity contribution in [2.75, 3.05) is 31.1 Å². The topological polar surface area (TPSA) is 15.3 Å². The molecule has 1 aromatic rings. The zero-order chi connectivity index (χ0) is 12.3. The second kappa shape index (κ2) is 5.50. The zero-order valence-electron chi connectivity index (χ0n) is 10.7. The number of hydrogen-bond donors (Lipinski definition) is 1. The highest BCUT2D eigenvalue weighted by atomic mass is 19.1. The summed E-state index contributed by atoms with van der Waals surface area (Å²) in [5.41, 5.74) is 1.89. The Morgan fingerprint density at radius 3 is 3.00 bits per heavy atom. The molecule has 0 saturated carbocycles. The Labute approximate surface area is 103 Å². The van der Waals surface area contributed by atoms with E-state index in [0.29, 0.717) is 0 Å². The molecule has 1 fully saturated rings. The van der Waals surface area contributed by atoms with Gasteiger partial charge in [-0.2, -0.15) is 0 Å². The molecule has 3 heteroatoms. The summed E-state index contributed by atoms with van der Waals surface area (Å²) in [5, 5.41) is 3.40. The van der Waals surface area contributed by atoms with E-state index in [4.69, 9.17) is 0 Å². The molecular formula is C14H21FN2. The molecule has 1 aliphatic heterocycles. The molecule has 1 aliphatic rings. The molecule has 1 heterocycles. The number of nitrogens with zero attached hydrogens (tertiary/aromatic N) is 1. The molecular weight excluding hydrogens is 215 g/mol. The number of nitrogens with one attached hydrogen (secondary N) is 1. The van der Waals surface area contributed by atoms with E-state index in [1.807, 2.05) is 19.1 Å². The first-order valence-electron chi connectivity index (χ1n) is 6.42. The van der Waals surface area contributed by atoms with Gasteiger partial charge in [0, 0.05) is 18.8 Å². The van der Waals surface area contributed by atoms with Crippen LogP contribution in [0.15, 0.2) is 18.2 Å². The maximum atomic E-state index is 13.2. The lowest BCUT2D eigenvalue weighted by Gasteiger charge is -2.19. The third-order valence-corrected chi connectivity index (χ3v) is 3.48. The van der Waals surface area contributed by atoms with Gasteiger partial charge in [0.2, 0.25) is 0 Å². The number of anilines is 1. The van der Waals surface area contributed by atoms with Crippen molar-refractivity contribution in [3.63, 3.8) is 0 Å². The normalized spacial score (nSPS) is 19.9. The van der Waals surface area contributed by atoms with Crippen LogP contribution in [0.4, 0.5) is 10.1 Å². The maximum absolute atomic E-state index is 13.2. The van der Waals surface area contributed by atoms with Crippen LogP contribution < -0.4 is 10.2 Å². The van der Waals surface area contributed by atoms with Gasteiger partial charge in [-0.3, -0.25) is 0 Å². The molecule has 1 N–H and O–H groups in total. The average molecular weight is 236 g/mol. The maximum Gasteiger partial charge on any atom is 0.126 e. The molecule has 2 rings (SSSR count). The predicted octanol–water partition coefficient (Wildman–Crippen LogP) is 2.57. The van der Waals surface area contributed by atoms with Crippen molar-refractivity contribution in [1.82, 2.24) is 5.32 Å². The van der Waals surface area contributed by atoms with E-state index in [0.717, 1.165) is 43.3 Å². The second-order valence-electron chi connectivity index (χ2n) is 4.84. The summed E-state index contributed by atoms with van der Waals surface area (Å²) in [6, 6.07) is 5.41. The third-order valence-electron chi connectivity index (χ3n) is 3.48. The highest BCUT2D eigenvalue weighted by Gasteiger charge is 2.22. The zero-order valence-corrected chi connectivity index (χ0v) is 10.7. The smallest absolute Gasteiger partial charge is 0.126 e. The highest BCUT2D eigenvalue weighted by Crippen LogP contribution is 2.25. The molecule has 0 aromatic heterocycles. The number of aryl methyl sites for hydroxylation is 1. The number of rotatable bonds is 4. The van der Waals surface area contributed by atoms with Crippen LogP contribution in [0.1, 0.15) is 18.9 Å². The molecule has 1 unspecified atom stereocenters. The summed E-state index contributed by atoms with van der Waals surface area (Å²) in [4.78, 5) is 2.36. The molecule has 0 aliphatic carbocycles. The standard InChI is InChI=1S/C14H21FN2/c1-3-16-9-12-6-7-17(10-12)13-4-5-14(15)11(2)8-13/h4-5,8,12,16H,3,6-7,9-10H2,1-2H3. The van der Waals surface area contributed by atoms with Crippen LogP contribution in [0.5, 0.6) is 0 Å². The molecule has 1 aromatic carbocycles. The van der Waals surface area contributed by atoms with Crippen molar-refractivity contribution in [3.05, 3.63) is 29.6 Å². The second-order valence-corrected chi connectivity index (χ2v) is 4.84. The fraction of sp³-hybridized carbons (Fsp3) is 0.571. The third kappa shape index (κ3) is 2.97. The van der Waals surface area contributed by atoms with Crippen molar-refractivity contribution in [3.8, 4) is 0 Å². The van der Waals surface area contributed by atoms with Crippen LogP contribution >= 0.6 is 0 Å². The number of hydrogen-bond acceptors (Lipinski definition) is 2. The molecule has 1 atom stereocenters. The monoisotopic (exact) mass is 236 g/mol. The summed E-state index contributed by atoms with van der Waals surface area (Å²) in [7, 11) is 0. The summed E-state index contributed by atoms with van der Waals surface area (Å²) in [6.45, 7) is 8.25. The first-order valence-corrected chi connectivity index (χ1v) is 6.42. The van der Waals surface area contributed by atoms with Crippen molar-refractivity contribution < 1.29 is 4.39 Å². The average Bonchev–Trinajstić information content (AvgIpc) is 2.79. The first-order chi connectivity index (χ1) is 8.20. The Morgan fingerprint density at radius 1 is 1.47 bits per heavy atom. The van der Waals surface area contributed by atoms with Crippen molar-refractivity contribution in [1.29, 1.82) is 0 Å². The van der Waals surface area contributed by atoms with Crippen LogP contribution in [0.2, 0.25) is 0 Å². The fourth-order valence-electron chi connectivity index (χ4n) is 2.41.